The van der Waals surface area contributed by atoms with Crippen LogP contribution < -0.4 is 20.3 Å². The average Bonchev–Trinajstić information content (AvgIpc) is 3.02. The van der Waals surface area contributed by atoms with Crippen molar-refractivity contribution in [2.45, 2.75) is 32.2 Å². The Labute approximate surface area is 159 Å². The average molecular weight is 367 g/mol. The maximum absolute atomic E-state index is 12.3. The molecular formula is C21H25N3O3. The number of methoxy groups -OCH3 is 1. The fourth-order valence-electron chi connectivity index (χ4n) is 3.12. The fourth-order valence-corrected chi connectivity index (χ4v) is 3.12. The van der Waals surface area contributed by atoms with Crippen molar-refractivity contribution in [3.05, 3.63) is 54.1 Å². The SMILES string of the molecule is COc1ccc(N2CC(NC(=O)Nc3ccc(C(C)C)cc3)CC2=O)cc1. The number of carbonyl (C=O) groups excluding carboxylic acids is 2. The van der Waals surface area contributed by atoms with Crippen LogP contribution >= 0.6 is 0 Å². The molecule has 6 heteroatoms. The molecule has 0 bridgehead atoms. The number of amides is 3. The van der Waals surface area contributed by atoms with Crippen molar-refractivity contribution in [2.75, 3.05) is 23.9 Å². The van der Waals surface area contributed by atoms with Crippen molar-refractivity contribution in [2.24, 2.45) is 0 Å². The summed E-state index contributed by atoms with van der Waals surface area (Å²) in [4.78, 5) is 26.2. The summed E-state index contributed by atoms with van der Waals surface area (Å²) in [5.41, 5.74) is 2.75. The molecule has 0 radical (unpaired) electrons. The van der Waals surface area contributed by atoms with Gasteiger partial charge in [-0.2, -0.15) is 0 Å². The molecule has 27 heavy (non-hydrogen) atoms. The van der Waals surface area contributed by atoms with E-state index in [0.717, 1.165) is 17.1 Å². The number of rotatable bonds is 5. The second kappa shape index (κ2) is 8.12. The summed E-state index contributed by atoms with van der Waals surface area (Å²) in [5, 5.41) is 5.70. The Morgan fingerprint density at radius 3 is 2.37 bits per heavy atom. The Hall–Kier alpha value is -3.02. The van der Waals surface area contributed by atoms with Gasteiger partial charge in [-0.15, -0.1) is 0 Å². The van der Waals surface area contributed by atoms with E-state index in [1.165, 1.54) is 5.56 Å². The zero-order chi connectivity index (χ0) is 19.4. The molecule has 3 rings (SSSR count). The minimum Gasteiger partial charge on any atom is -0.497 e. The number of hydrogen-bond donors (Lipinski definition) is 2. The quantitative estimate of drug-likeness (QED) is 0.846. The number of nitrogens with one attached hydrogen (secondary N) is 2. The molecule has 1 aliphatic rings. The van der Waals surface area contributed by atoms with Crippen molar-refractivity contribution < 1.29 is 14.3 Å². The summed E-state index contributed by atoms with van der Waals surface area (Å²) >= 11 is 0. The second-order valence-corrected chi connectivity index (χ2v) is 6.98. The van der Waals surface area contributed by atoms with Gasteiger partial charge in [-0.3, -0.25) is 4.79 Å². The van der Waals surface area contributed by atoms with Crippen LogP contribution in [0.5, 0.6) is 5.75 Å². The number of anilines is 2. The number of carbonyl (C=O) groups is 2. The molecule has 0 aromatic heterocycles. The van der Waals surface area contributed by atoms with Gasteiger partial charge in [-0.05, 0) is 47.9 Å². The summed E-state index contributed by atoms with van der Waals surface area (Å²) in [5.74, 6) is 1.18. The van der Waals surface area contributed by atoms with Crippen molar-refractivity contribution >= 4 is 23.3 Å². The van der Waals surface area contributed by atoms with Gasteiger partial charge < -0.3 is 20.3 Å². The first-order valence-corrected chi connectivity index (χ1v) is 9.08. The Morgan fingerprint density at radius 1 is 1.11 bits per heavy atom. The predicted molar refractivity (Wildman–Crippen MR) is 106 cm³/mol. The van der Waals surface area contributed by atoms with Crippen molar-refractivity contribution in [1.82, 2.24) is 5.32 Å². The molecule has 0 aliphatic carbocycles. The van der Waals surface area contributed by atoms with Crippen LogP contribution in [0.3, 0.4) is 0 Å². The van der Waals surface area contributed by atoms with Crippen LogP contribution in [-0.2, 0) is 4.79 Å². The van der Waals surface area contributed by atoms with Gasteiger partial charge in [0, 0.05) is 24.3 Å². The minimum atomic E-state index is -0.304. The molecule has 2 N–H and O–H groups in total. The fraction of sp³-hybridized carbons (Fsp3) is 0.333. The monoisotopic (exact) mass is 367 g/mol. The van der Waals surface area contributed by atoms with E-state index in [9.17, 15) is 9.59 Å². The van der Waals surface area contributed by atoms with Crippen LogP contribution in [-0.4, -0.2) is 31.6 Å². The first-order valence-electron chi connectivity index (χ1n) is 9.08. The molecule has 2 aromatic rings. The standard InChI is InChI=1S/C21H25N3O3/c1-14(2)15-4-6-16(7-5-15)22-21(26)23-17-12-20(25)24(13-17)18-8-10-19(27-3)11-9-18/h4-11,14,17H,12-13H2,1-3H3,(H2,22,23,26). The molecule has 142 valence electrons. The summed E-state index contributed by atoms with van der Waals surface area (Å²) in [6.45, 7) is 4.70. The van der Waals surface area contributed by atoms with Crippen LogP contribution in [0.2, 0.25) is 0 Å². The van der Waals surface area contributed by atoms with Crippen LogP contribution in [0.4, 0.5) is 16.2 Å². The number of urea groups is 1. The Bertz CT molecular complexity index is 800. The van der Waals surface area contributed by atoms with E-state index >= 15 is 0 Å². The molecule has 6 nitrogen and oxygen atoms in total. The molecule has 1 fully saturated rings. The van der Waals surface area contributed by atoms with E-state index in [2.05, 4.69) is 24.5 Å². The topological polar surface area (TPSA) is 70.7 Å². The molecule has 1 unspecified atom stereocenters. The summed E-state index contributed by atoms with van der Waals surface area (Å²) in [6.07, 6.45) is 0.283. The minimum absolute atomic E-state index is 0.00764. The first-order chi connectivity index (χ1) is 13.0. The summed E-state index contributed by atoms with van der Waals surface area (Å²) < 4.78 is 5.14. The third-order valence-corrected chi connectivity index (χ3v) is 4.68. The lowest BCUT2D eigenvalue weighted by Crippen LogP contribution is -2.39. The zero-order valence-electron chi connectivity index (χ0n) is 15.9. The summed E-state index contributed by atoms with van der Waals surface area (Å²) in [7, 11) is 1.60. The maximum atomic E-state index is 12.3. The number of hydrogen-bond acceptors (Lipinski definition) is 3. The Morgan fingerprint density at radius 2 is 1.78 bits per heavy atom. The predicted octanol–water partition coefficient (Wildman–Crippen LogP) is 3.75. The van der Waals surface area contributed by atoms with Gasteiger partial charge in [-0.1, -0.05) is 26.0 Å². The molecule has 1 atom stereocenters. The zero-order valence-corrected chi connectivity index (χ0v) is 15.9. The first kappa shape index (κ1) is 18.8. The molecule has 1 saturated heterocycles. The smallest absolute Gasteiger partial charge is 0.319 e. The lowest BCUT2D eigenvalue weighted by Gasteiger charge is -2.18. The van der Waals surface area contributed by atoms with Gasteiger partial charge in [0.1, 0.15) is 5.75 Å². The largest absolute Gasteiger partial charge is 0.497 e. The third kappa shape index (κ3) is 4.58. The molecular weight excluding hydrogens is 342 g/mol. The van der Waals surface area contributed by atoms with E-state index < -0.39 is 0 Å². The van der Waals surface area contributed by atoms with Gasteiger partial charge in [0.05, 0.1) is 13.2 Å². The van der Waals surface area contributed by atoms with Crippen molar-refractivity contribution in [3.63, 3.8) is 0 Å². The molecule has 1 heterocycles. The highest BCUT2D eigenvalue weighted by Gasteiger charge is 2.31. The van der Waals surface area contributed by atoms with Crippen molar-refractivity contribution in [1.29, 1.82) is 0 Å². The maximum Gasteiger partial charge on any atom is 0.319 e. The van der Waals surface area contributed by atoms with Gasteiger partial charge in [0.2, 0.25) is 5.91 Å². The lowest BCUT2D eigenvalue weighted by atomic mass is 10.0. The highest BCUT2D eigenvalue weighted by Crippen LogP contribution is 2.24. The van der Waals surface area contributed by atoms with E-state index in [-0.39, 0.29) is 24.4 Å². The Balaban J connectivity index is 1.56. The van der Waals surface area contributed by atoms with Crippen LogP contribution in [0.15, 0.2) is 48.5 Å². The number of ether oxygens (including phenoxy) is 1. The highest BCUT2D eigenvalue weighted by molar-refractivity contribution is 5.97. The van der Waals surface area contributed by atoms with Crippen LogP contribution in [0.25, 0.3) is 0 Å². The van der Waals surface area contributed by atoms with Gasteiger partial charge in [-0.25, -0.2) is 4.79 Å². The van der Waals surface area contributed by atoms with Crippen LogP contribution in [0.1, 0.15) is 31.7 Å². The van der Waals surface area contributed by atoms with Gasteiger partial charge in [0.15, 0.2) is 0 Å². The van der Waals surface area contributed by atoms with Gasteiger partial charge in [0.25, 0.3) is 0 Å². The third-order valence-electron chi connectivity index (χ3n) is 4.68. The molecule has 0 saturated carbocycles. The van der Waals surface area contributed by atoms with E-state index in [1.807, 2.05) is 48.5 Å². The molecule has 3 amide bonds. The van der Waals surface area contributed by atoms with E-state index in [4.69, 9.17) is 4.74 Å². The lowest BCUT2D eigenvalue weighted by molar-refractivity contribution is -0.117. The van der Waals surface area contributed by atoms with E-state index in [1.54, 1.807) is 12.0 Å². The van der Waals surface area contributed by atoms with Gasteiger partial charge >= 0.3 is 6.03 Å². The molecule has 1 aliphatic heterocycles. The number of benzene rings is 2. The van der Waals surface area contributed by atoms with Crippen LogP contribution in [0, 0.1) is 0 Å². The van der Waals surface area contributed by atoms with E-state index in [0.29, 0.717) is 12.5 Å². The molecule has 2 aromatic carbocycles. The molecule has 0 spiro atoms. The normalized spacial score (nSPS) is 16.5. The highest BCUT2D eigenvalue weighted by atomic mass is 16.5. The second-order valence-electron chi connectivity index (χ2n) is 6.98. The van der Waals surface area contributed by atoms with Crippen molar-refractivity contribution in [3.8, 4) is 5.75 Å². The summed E-state index contributed by atoms with van der Waals surface area (Å²) in [6, 6.07) is 14.6. The Kier molecular flexibility index (Phi) is 5.64. The number of nitrogens with zero attached hydrogens (tertiary/aromatic N) is 1.